The quantitative estimate of drug-likeness (QED) is 0.846. The van der Waals surface area contributed by atoms with E-state index in [4.69, 9.17) is 4.74 Å². The molecule has 2 fully saturated rings. The van der Waals surface area contributed by atoms with Crippen LogP contribution in [-0.4, -0.2) is 43.1 Å². The SMILES string of the molecule is O=C(CC1CCCO1)N1C(Cc2ccccc2)CCS1(=O)=O. The fourth-order valence-electron chi connectivity index (χ4n) is 3.25. The molecular weight excluding hydrogens is 302 g/mol. The summed E-state index contributed by atoms with van der Waals surface area (Å²) in [4.78, 5) is 12.5. The number of ether oxygens (including phenoxy) is 1. The first-order valence-corrected chi connectivity index (χ1v) is 9.37. The molecule has 1 aromatic carbocycles. The fourth-order valence-corrected chi connectivity index (χ4v) is 5.03. The van der Waals surface area contributed by atoms with Crippen LogP contribution in [0.25, 0.3) is 0 Å². The predicted molar refractivity (Wildman–Crippen MR) is 82.8 cm³/mol. The van der Waals surface area contributed by atoms with E-state index < -0.39 is 10.0 Å². The molecule has 2 aliphatic heterocycles. The molecule has 2 saturated heterocycles. The number of nitrogens with zero attached hydrogens (tertiary/aromatic N) is 1. The molecule has 1 amide bonds. The van der Waals surface area contributed by atoms with Crippen molar-refractivity contribution >= 4 is 15.9 Å². The number of hydrogen-bond acceptors (Lipinski definition) is 4. The molecule has 2 heterocycles. The van der Waals surface area contributed by atoms with Gasteiger partial charge in [-0.3, -0.25) is 4.79 Å². The molecule has 0 N–H and O–H groups in total. The second kappa shape index (κ2) is 6.38. The Morgan fingerprint density at radius 1 is 1.23 bits per heavy atom. The van der Waals surface area contributed by atoms with E-state index in [1.165, 1.54) is 0 Å². The Kier molecular flexibility index (Phi) is 4.49. The van der Waals surface area contributed by atoms with Gasteiger partial charge in [-0.05, 0) is 31.2 Å². The van der Waals surface area contributed by atoms with Gasteiger partial charge in [0.1, 0.15) is 0 Å². The minimum absolute atomic E-state index is 0.0573. The molecule has 0 radical (unpaired) electrons. The second-order valence-electron chi connectivity index (χ2n) is 5.98. The molecule has 0 spiro atoms. The van der Waals surface area contributed by atoms with Gasteiger partial charge in [-0.15, -0.1) is 0 Å². The number of amides is 1. The van der Waals surface area contributed by atoms with Crippen LogP contribution in [0.1, 0.15) is 31.2 Å². The zero-order chi connectivity index (χ0) is 15.6. The van der Waals surface area contributed by atoms with Gasteiger partial charge in [0.25, 0.3) is 0 Å². The van der Waals surface area contributed by atoms with E-state index in [1.807, 2.05) is 30.3 Å². The number of hydrogen-bond donors (Lipinski definition) is 0. The third kappa shape index (κ3) is 3.33. The van der Waals surface area contributed by atoms with E-state index in [0.717, 1.165) is 22.7 Å². The zero-order valence-corrected chi connectivity index (χ0v) is 13.3. The maximum Gasteiger partial charge on any atom is 0.238 e. The molecule has 22 heavy (non-hydrogen) atoms. The summed E-state index contributed by atoms with van der Waals surface area (Å²) in [5.41, 5.74) is 1.06. The van der Waals surface area contributed by atoms with Crippen LogP contribution in [0.2, 0.25) is 0 Å². The largest absolute Gasteiger partial charge is 0.378 e. The Morgan fingerprint density at radius 2 is 2.00 bits per heavy atom. The van der Waals surface area contributed by atoms with Crippen LogP contribution in [0.4, 0.5) is 0 Å². The van der Waals surface area contributed by atoms with Gasteiger partial charge in [0.2, 0.25) is 15.9 Å². The monoisotopic (exact) mass is 323 g/mol. The molecule has 2 unspecified atom stereocenters. The van der Waals surface area contributed by atoms with Crippen molar-refractivity contribution < 1.29 is 17.9 Å². The summed E-state index contributed by atoms with van der Waals surface area (Å²) in [6.07, 6.45) is 2.91. The van der Waals surface area contributed by atoms with Gasteiger partial charge in [-0.25, -0.2) is 12.7 Å². The van der Waals surface area contributed by atoms with Crippen molar-refractivity contribution in [2.24, 2.45) is 0 Å². The summed E-state index contributed by atoms with van der Waals surface area (Å²) in [6.45, 7) is 0.665. The third-order valence-corrected chi connectivity index (χ3v) is 6.18. The van der Waals surface area contributed by atoms with Crippen LogP contribution in [0.3, 0.4) is 0 Å². The number of sulfonamides is 1. The third-order valence-electron chi connectivity index (χ3n) is 4.33. The summed E-state index contributed by atoms with van der Waals surface area (Å²) in [5, 5.41) is 0. The van der Waals surface area contributed by atoms with Crippen molar-refractivity contribution in [1.82, 2.24) is 4.31 Å². The summed E-state index contributed by atoms with van der Waals surface area (Å²) in [5.74, 6) is -0.257. The lowest BCUT2D eigenvalue weighted by Crippen LogP contribution is -2.41. The van der Waals surface area contributed by atoms with E-state index >= 15 is 0 Å². The average molecular weight is 323 g/mol. The summed E-state index contributed by atoms with van der Waals surface area (Å²) in [7, 11) is -3.47. The lowest BCUT2D eigenvalue weighted by atomic mass is 10.0. The fraction of sp³-hybridized carbons (Fsp3) is 0.562. The topological polar surface area (TPSA) is 63.7 Å². The van der Waals surface area contributed by atoms with Gasteiger partial charge in [0.15, 0.2) is 0 Å². The molecule has 2 aliphatic rings. The first kappa shape index (κ1) is 15.5. The van der Waals surface area contributed by atoms with Gasteiger partial charge in [0, 0.05) is 6.61 Å². The smallest absolute Gasteiger partial charge is 0.238 e. The molecule has 0 bridgehead atoms. The molecule has 2 atom stereocenters. The minimum atomic E-state index is -3.47. The molecule has 0 saturated carbocycles. The number of benzene rings is 1. The van der Waals surface area contributed by atoms with E-state index in [9.17, 15) is 13.2 Å². The Balaban J connectivity index is 1.73. The summed E-state index contributed by atoms with van der Waals surface area (Å²) >= 11 is 0. The highest BCUT2D eigenvalue weighted by molar-refractivity contribution is 7.89. The highest BCUT2D eigenvalue weighted by Crippen LogP contribution is 2.27. The maximum absolute atomic E-state index is 12.5. The van der Waals surface area contributed by atoms with Crippen LogP contribution in [0.5, 0.6) is 0 Å². The second-order valence-corrected chi connectivity index (χ2v) is 7.94. The van der Waals surface area contributed by atoms with Crippen LogP contribution in [-0.2, 0) is 26.0 Å². The van der Waals surface area contributed by atoms with Crippen molar-refractivity contribution in [2.75, 3.05) is 12.4 Å². The van der Waals surface area contributed by atoms with Crippen molar-refractivity contribution in [2.45, 2.75) is 44.2 Å². The normalized spacial score (nSPS) is 27.2. The zero-order valence-electron chi connectivity index (χ0n) is 12.5. The van der Waals surface area contributed by atoms with Crippen LogP contribution in [0.15, 0.2) is 30.3 Å². The molecule has 1 aromatic rings. The first-order chi connectivity index (χ1) is 10.6. The van der Waals surface area contributed by atoms with Crippen LogP contribution < -0.4 is 0 Å². The van der Waals surface area contributed by atoms with Crippen molar-refractivity contribution in [3.8, 4) is 0 Å². The molecule has 3 rings (SSSR count). The van der Waals surface area contributed by atoms with E-state index in [2.05, 4.69) is 0 Å². The maximum atomic E-state index is 12.5. The molecule has 0 aromatic heterocycles. The Bertz CT molecular complexity index is 623. The average Bonchev–Trinajstić information content (AvgIpc) is 3.08. The minimum Gasteiger partial charge on any atom is -0.378 e. The van der Waals surface area contributed by atoms with E-state index in [0.29, 0.717) is 19.4 Å². The molecule has 5 nitrogen and oxygen atoms in total. The first-order valence-electron chi connectivity index (χ1n) is 7.77. The van der Waals surface area contributed by atoms with E-state index in [1.54, 1.807) is 0 Å². The number of carbonyl (C=O) groups is 1. The van der Waals surface area contributed by atoms with Gasteiger partial charge in [-0.2, -0.15) is 0 Å². The lowest BCUT2D eigenvalue weighted by Gasteiger charge is -2.24. The Morgan fingerprint density at radius 3 is 2.68 bits per heavy atom. The van der Waals surface area contributed by atoms with Crippen LogP contribution >= 0.6 is 0 Å². The Labute approximate surface area is 131 Å². The Hall–Kier alpha value is -1.40. The van der Waals surface area contributed by atoms with Gasteiger partial charge in [0.05, 0.1) is 24.3 Å². The van der Waals surface area contributed by atoms with Crippen molar-refractivity contribution in [1.29, 1.82) is 0 Å². The van der Waals surface area contributed by atoms with Crippen molar-refractivity contribution in [3.63, 3.8) is 0 Å². The highest BCUT2D eigenvalue weighted by Gasteiger charge is 2.41. The molecule has 0 aliphatic carbocycles. The molecule has 6 heteroatoms. The molecular formula is C16H21NO4S. The highest BCUT2D eigenvalue weighted by atomic mass is 32.2. The number of carbonyl (C=O) groups excluding carboxylic acids is 1. The van der Waals surface area contributed by atoms with Gasteiger partial charge in [-0.1, -0.05) is 30.3 Å². The van der Waals surface area contributed by atoms with Gasteiger partial charge < -0.3 is 4.74 Å². The van der Waals surface area contributed by atoms with E-state index in [-0.39, 0.29) is 30.2 Å². The standard InChI is InChI=1S/C16H21NO4S/c18-16(12-15-7-4-9-21-15)17-14(8-10-22(17,19)20)11-13-5-2-1-3-6-13/h1-3,5-6,14-15H,4,7-12H2. The lowest BCUT2D eigenvalue weighted by molar-refractivity contribution is -0.129. The summed E-state index contributed by atoms with van der Waals surface area (Å²) in [6, 6.07) is 9.45. The molecule has 120 valence electrons. The van der Waals surface area contributed by atoms with Gasteiger partial charge >= 0.3 is 0 Å². The summed E-state index contributed by atoms with van der Waals surface area (Å²) < 4.78 is 31.1. The van der Waals surface area contributed by atoms with Crippen LogP contribution in [0, 0.1) is 0 Å². The number of rotatable bonds is 4. The van der Waals surface area contributed by atoms with Crippen molar-refractivity contribution in [3.05, 3.63) is 35.9 Å². The predicted octanol–water partition coefficient (Wildman–Crippen LogP) is 1.73.